The second-order valence-corrected chi connectivity index (χ2v) is 25.2. The Labute approximate surface area is 490 Å². The number of hydrogen-bond donors (Lipinski definition) is 2. The van der Waals surface area contributed by atoms with Gasteiger partial charge in [-0.1, -0.05) is 82.8 Å². The molecule has 2 aliphatic rings. The number of carbonyl (C=O) groups is 2. The van der Waals surface area contributed by atoms with E-state index in [2.05, 4.69) is 19.8 Å². The zero-order chi connectivity index (χ0) is 57.1. The highest BCUT2D eigenvalue weighted by atomic mass is 35.5. The summed E-state index contributed by atoms with van der Waals surface area (Å²) in [6, 6.07) is 27.8. The third-order valence-corrected chi connectivity index (χ3v) is 18.0. The molecule has 0 aromatic heterocycles. The molecule has 0 spiro atoms. The number of fused-ring (bicyclic) bond motifs is 2. The summed E-state index contributed by atoms with van der Waals surface area (Å²) < 4.78 is 89.0. The van der Waals surface area contributed by atoms with Crippen LogP contribution in [0.2, 0.25) is 20.1 Å². The van der Waals surface area contributed by atoms with Gasteiger partial charge in [-0.2, -0.15) is 0 Å². The number of rotatable bonds is 33. The average molecular weight is 1220 g/mol. The second-order valence-electron chi connectivity index (χ2n) is 19.7. The van der Waals surface area contributed by atoms with Gasteiger partial charge in [-0.15, -0.1) is 0 Å². The molecule has 0 saturated carbocycles. The second kappa shape index (κ2) is 31.6. The largest absolute Gasteiger partial charge is 0.379 e. The van der Waals surface area contributed by atoms with Crippen molar-refractivity contribution in [2.24, 2.45) is 0 Å². The smallest absolute Gasteiger partial charge is 0.251 e. The van der Waals surface area contributed by atoms with Crippen LogP contribution >= 0.6 is 46.4 Å². The normalized spacial score (nSPS) is 15.9. The first kappa shape index (κ1) is 63.5. The number of benzene rings is 5. The summed E-state index contributed by atoms with van der Waals surface area (Å²) in [5.74, 6) is -0.540. The Kier molecular flexibility index (Phi) is 25.1. The molecule has 16 nitrogen and oxygen atoms in total. The van der Waals surface area contributed by atoms with Crippen molar-refractivity contribution in [2.75, 3.05) is 125 Å². The van der Waals surface area contributed by atoms with Crippen LogP contribution < -0.4 is 10.0 Å². The van der Waals surface area contributed by atoms with E-state index in [1.54, 1.807) is 72.8 Å². The van der Waals surface area contributed by atoms with Crippen molar-refractivity contribution in [3.8, 4) is 0 Å². The van der Waals surface area contributed by atoms with Crippen LogP contribution in [0.5, 0.6) is 0 Å². The number of amides is 1. The van der Waals surface area contributed by atoms with Crippen molar-refractivity contribution in [1.82, 2.24) is 19.8 Å². The molecule has 22 heteroatoms. The van der Waals surface area contributed by atoms with E-state index >= 15 is 0 Å². The van der Waals surface area contributed by atoms with E-state index in [4.69, 9.17) is 74.8 Å². The Hall–Kier alpha value is -4.06. The van der Waals surface area contributed by atoms with Crippen molar-refractivity contribution < 1.29 is 54.8 Å². The number of sulfonamides is 1. The van der Waals surface area contributed by atoms with Crippen LogP contribution in [0.1, 0.15) is 85.2 Å². The Bertz CT molecular complexity index is 2880. The molecule has 7 rings (SSSR count). The van der Waals surface area contributed by atoms with Crippen molar-refractivity contribution in [1.29, 1.82) is 0 Å². The molecule has 0 aliphatic carbocycles. The van der Waals surface area contributed by atoms with E-state index in [-0.39, 0.29) is 85.0 Å². The van der Waals surface area contributed by atoms with Gasteiger partial charge in [0.2, 0.25) is 10.0 Å². The van der Waals surface area contributed by atoms with Gasteiger partial charge in [0.15, 0.2) is 15.6 Å². The van der Waals surface area contributed by atoms with E-state index in [1.807, 2.05) is 38.4 Å². The molecule has 434 valence electrons. The van der Waals surface area contributed by atoms with E-state index < -0.39 is 19.9 Å². The average Bonchev–Trinajstić information content (AvgIpc) is 3.43. The summed E-state index contributed by atoms with van der Waals surface area (Å²) in [5, 5.41) is 5.10. The summed E-state index contributed by atoms with van der Waals surface area (Å²) in [7, 11) is -3.31. The first-order chi connectivity index (χ1) is 38.5. The standard InChI is InChI=1S/C58H70Cl4N4O12S2/c1-65-37-51(49-33-45(59)35-55(61)53(49)39-65)43-7-3-9-47(31-43)79(69,70)30-6-19-74-23-27-77-26-22-73-18-5-11-57(67)41-12-14-42(15-13-41)58(68)63-16-20-75-24-28-78-29-25-76-21-17-64-80(71,72)48-10-4-8-44(32-48)52-38-66(2)40-54-50(52)34-46(60)36-56(54)62/h3-4,7-10,12-15,31-36,51-52,64H,5-6,11,16-30,37-40H2,1-2H3,(H,63,68). The van der Waals surface area contributed by atoms with Gasteiger partial charge in [0.25, 0.3) is 5.91 Å². The fourth-order valence-corrected chi connectivity index (χ4v) is 13.1. The monoisotopic (exact) mass is 1220 g/mol. The molecule has 80 heavy (non-hydrogen) atoms. The van der Waals surface area contributed by atoms with E-state index in [0.29, 0.717) is 123 Å². The van der Waals surface area contributed by atoms with Gasteiger partial charge in [-0.05, 0) is 121 Å². The van der Waals surface area contributed by atoms with Crippen molar-refractivity contribution in [3.05, 3.63) is 162 Å². The molecule has 2 N–H and O–H groups in total. The number of likely N-dealkylation sites (N-methyl/N-ethyl adjacent to an activating group) is 2. The summed E-state index contributed by atoms with van der Waals surface area (Å²) in [6.45, 7) is 6.81. The maximum atomic E-state index is 13.3. The van der Waals surface area contributed by atoms with Gasteiger partial charge in [0, 0.05) is 102 Å². The lowest BCUT2D eigenvalue weighted by Gasteiger charge is -2.33. The summed E-state index contributed by atoms with van der Waals surface area (Å²) in [4.78, 5) is 30.1. The number of ketones is 1. The molecule has 2 aliphatic heterocycles. The van der Waals surface area contributed by atoms with Crippen LogP contribution in [-0.2, 0) is 61.4 Å². The minimum absolute atomic E-state index is 0.0445. The molecule has 0 bridgehead atoms. The zero-order valence-corrected chi connectivity index (χ0v) is 49.7. The maximum absolute atomic E-state index is 13.3. The lowest BCUT2D eigenvalue weighted by molar-refractivity contribution is 0.0142. The van der Waals surface area contributed by atoms with Gasteiger partial charge in [0.1, 0.15) is 0 Å². The first-order valence-corrected chi connectivity index (χ1v) is 31.3. The van der Waals surface area contributed by atoms with Crippen LogP contribution in [0.25, 0.3) is 0 Å². The molecule has 1 amide bonds. The lowest BCUT2D eigenvalue weighted by atomic mass is 9.85. The highest BCUT2D eigenvalue weighted by molar-refractivity contribution is 7.91. The number of hydrogen-bond acceptors (Lipinski definition) is 14. The first-order valence-electron chi connectivity index (χ1n) is 26.6. The van der Waals surface area contributed by atoms with Crippen LogP contribution in [0.15, 0.2) is 107 Å². The van der Waals surface area contributed by atoms with Crippen LogP contribution in [0.4, 0.5) is 0 Å². The molecule has 0 fully saturated rings. The highest BCUT2D eigenvalue weighted by Crippen LogP contribution is 2.40. The number of carbonyl (C=O) groups excluding carboxylic acids is 2. The number of Topliss-reactive ketones (excluding diaryl/α,β-unsaturated/α-hetero) is 1. The van der Waals surface area contributed by atoms with Crippen LogP contribution in [0, 0.1) is 0 Å². The number of ether oxygens (including phenoxy) is 6. The van der Waals surface area contributed by atoms with Gasteiger partial charge < -0.3 is 43.5 Å². The quantitative estimate of drug-likeness (QED) is 0.0299. The van der Waals surface area contributed by atoms with Gasteiger partial charge in [-0.25, -0.2) is 21.6 Å². The Morgan fingerprint density at radius 1 is 0.537 bits per heavy atom. The summed E-state index contributed by atoms with van der Waals surface area (Å²) in [5.41, 5.74) is 6.70. The third-order valence-electron chi connectivity index (χ3n) is 13.6. The molecule has 2 heterocycles. The lowest BCUT2D eigenvalue weighted by Crippen LogP contribution is -2.31. The number of nitrogens with zero attached hydrogens (tertiary/aromatic N) is 2. The summed E-state index contributed by atoms with van der Waals surface area (Å²) in [6.07, 6.45) is 1.16. The van der Waals surface area contributed by atoms with Crippen molar-refractivity contribution in [3.63, 3.8) is 0 Å². The number of halogens is 4. The Balaban J connectivity index is 0.651. The molecule has 2 unspecified atom stereocenters. The fourth-order valence-electron chi connectivity index (χ4n) is 9.59. The zero-order valence-electron chi connectivity index (χ0n) is 45.1. The molecule has 2 atom stereocenters. The van der Waals surface area contributed by atoms with E-state index in [0.717, 1.165) is 33.4 Å². The summed E-state index contributed by atoms with van der Waals surface area (Å²) >= 11 is 25.7. The van der Waals surface area contributed by atoms with Gasteiger partial charge in [-0.3, -0.25) is 9.59 Å². The van der Waals surface area contributed by atoms with Crippen molar-refractivity contribution in [2.45, 2.75) is 54.0 Å². The molecule has 5 aromatic carbocycles. The van der Waals surface area contributed by atoms with Gasteiger partial charge in [0.05, 0.1) is 81.6 Å². The Morgan fingerprint density at radius 2 is 0.988 bits per heavy atom. The maximum Gasteiger partial charge on any atom is 0.251 e. The Morgan fingerprint density at radius 3 is 1.52 bits per heavy atom. The third kappa shape index (κ3) is 19.0. The highest BCUT2D eigenvalue weighted by Gasteiger charge is 2.30. The van der Waals surface area contributed by atoms with Crippen LogP contribution in [-0.4, -0.2) is 164 Å². The number of sulfone groups is 1. The van der Waals surface area contributed by atoms with Crippen LogP contribution in [0.3, 0.4) is 0 Å². The van der Waals surface area contributed by atoms with E-state index in [9.17, 15) is 26.4 Å². The predicted octanol–water partition coefficient (Wildman–Crippen LogP) is 9.09. The number of nitrogens with one attached hydrogen (secondary N) is 2. The molecule has 0 radical (unpaired) electrons. The molecule has 5 aromatic rings. The topological polar surface area (TPSA) is 188 Å². The fraction of sp³-hybridized carbons (Fsp3) is 0.448. The molecule has 0 saturated heterocycles. The van der Waals surface area contributed by atoms with Gasteiger partial charge >= 0.3 is 0 Å². The molecular weight excluding hydrogens is 1150 g/mol. The van der Waals surface area contributed by atoms with Crippen molar-refractivity contribution >= 4 is 78.0 Å². The minimum atomic E-state index is -3.79. The minimum Gasteiger partial charge on any atom is -0.379 e. The molecular formula is C58H70Cl4N4O12S2. The predicted molar refractivity (Wildman–Crippen MR) is 311 cm³/mol. The van der Waals surface area contributed by atoms with E-state index in [1.165, 1.54) is 0 Å². The SMILES string of the molecule is CN1Cc2c(Cl)cc(Cl)cc2C(c2cccc(S(=O)(=O)CCCOCCOCCOCCCC(=O)c3ccc(C(=O)NCCOCCOCCOCCNS(=O)(=O)c4cccc(C5CN(C)Cc6c(Cl)cc(Cl)cc65)c4)cc3)c2)C1.